The lowest BCUT2D eigenvalue weighted by Crippen LogP contribution is -2.08. The third-order valence-corrected chi connectivity index (χ3v) is 3.10. The second kappa shape index (κ2) is 5.46. The van der Waals surface area contributed by atoms with Crippen LogP contribution in [0.1, 0.15) is 15.9 Å². The Kier molecular flexibility index (Phi) is 3.73. The molecule has 18 heavy (non-hydrogen) atoms. The van der Waals surface area contributed by atoms with Crippen LogP contribution in [0.3, 0.4) is 0 Å². The third kappa shape index (κ3) is 2.57. The van der Waals surface area contributed by atoms with E-state index in [9.17, 15) is 4.79 Å². The van der Waals surface area contributed by atoms with Crippen molar-refractivity contribution in [3.8, 4) is 0 Å². The zero-order valence-corrected chi connectivity index (χ0v) is 10.5. The van der Waals surface area contributed by atoms with E-state index in [0.29, 0.717) is 11.5 Å². The van der Waals surface area contributed by atoms with Crippen LogP contribution in [-0.2, 0) is 11.3 Å². The van der Waals surface area contributed by atoms with Crippen molar-refractivity contribution in [1.29, 1.82) is 0 Å². The van der Waals surface area contributed by atoms with Gasteiger partial charge in [0.2, 0.25) is 0 Å². The lowest BCUT2D eigenvalue weighted by atomic mass is 10.2. The second-order valence-electron chi connectivity index (χ2n) is 3.48. The van der Waals surface area contributed by atoms with Crippen molar-refractivity contribution in [1.82, 2.24) is 9.36 Å². The highest BCUT2D eigenvalue weighted by molar-refractivity contribution is 7.11. The van der Waals surface area contributed by atoms with Gasteiger partial charge < -0.3 is 15.8 Å². The van der Waals surface area contributed by atoms with Crippen LogP contribution in [0.4, 0.5) is 10.8 Å². The smallest absolute Gasteiger partial charge is 0.344 e. The van der Waals surface area contributed by atoms with Gasteiger partial charge in [0, 0.05) is 18.9 Å². The molecule has 0 aliphatic carbocycles. The SMILES string of the molecule is COC(=O)c1c(N)nsc1NCc1cccnc1. The Bertz CT molecular complexity index is 541. The van der Waals surface area contributed by atoms with Crippen LogP contribution in [0, 0.1) is 0 Å². The average Bonchev–Trinajstić information content (AvgIpc) is 2.78. The zero-order valence-electron chi connectivity index (χ0n) is 9.71. The molecular formula is C11H12N4O2S. The first-order valence-corrected chi connectivity index (χ1v) is 5.96. The lowest BCUT2D eigenvalue weighted by molar-refractivity contribution is 0.0603. The molecule has 94 valence electrons. The maximum absolute atomic E-state index is 11.5. The van der Waals surface area contributed by atoms with Crippen molar-refractivity contribution in [2.24, 2.45) is 0 Å². The molecule has 0 radical (unpaired) electrons. The first-order valence-electron chi connectivity index (χ1n) is 5.18. The number of anilines is 2. The van der Waals surface area contributed by atoms with Gasteiger partial charge in [-0.15, -0.1) is 0 Å². The number of aromatic nitrogens is 2. The first-order chi connectivity index (χ1) is 8.72. The van der Waals surface area contributed by atoms with Crippen LogP contribution >= 0.6 is 11.5 Å². The van der Waals surface area contributed by atoms with E-state index in [-0.39, 0.29) is 11.4 Å². The summed E-state index contributed by atoms with van der Waals surface area (Å²) in [5, 5.41) is 3.70. The molecule has 0 spiro atoms. The van der Waals surface area contributed by atoms with E-state index in [1.165, 1.54) is 7.11 Å². The number of hydrogen-bond donors (Lipinski definition) is 2. The first kappa shape index (κ1) is 12.3. The third-order valence-electron chi connectivity index (χ3n) is 2.28. The number of ether oxygens (including phenoxy) is 1. The van der Waals surface area contributed by atoms with Gasteiger partial charge in [0.15, 0.2) is 5.82 Å². The van der Waals surface area contributed by atoms with Gasteiger partial charge in [-0.2, -0.15) is 4.37 Å². The highest BCUT2D eigenvalue weighted by Crippen LogP contribution is 2.27. The van der Waals surface area contributed by atoms with Gasteiger partial charge in [0.05, 0.1) is 7.11 Å². The molecule has 0 fully saturated rings. The van der Waals surface area contributed by atoms with Gasteiger partial charge in [0.1, 0.15) is 10.6 Å². The quantitative estimate of drug-likeness (QED) is 0.814. The molecular weight excluding hydrogens is 252 g/mol. The standard InChI is InChI=1S/C11H12N4O2S/c1-17-11(16)8-9(12)15-18-10(8)14-6-7-3-2-4-13-5-7/h2-5,14H,6H2,1H3,(H2,12,15). The number of nitrogens with two attached hydrogens (primary N) is 1. The van der Waals surface area contributed by atoms with Crippen LogP contribution in [0.5, 0.6) is 0 Å². The number of nitrogen functional groups attached to an aromatic ring is 1. The van der Waals surface area contributed by atoms with Crippen molar-refractivity contribution in [2.75, 3.05) is 18.2 Å². The van der Waals surface area contributed by atoms with Crippen molar-refractivity contribution >= 4 is 28.3 Å². The number of esters is 1. The summed E-state index contributed by atoms with van der Waals surface area (Å²) in [6.07, 6.45) is 3.45. The Hall–Kier alpha value is -2.15. The number of hydrogen-bond acceptors (Lipinski definition) is 7. The van der Waals surface area contributed by atoms with Gasteiger partial charge in [-0.05, 0) is 23.2 Å². The number of rotatable bonds is 4. The number of carbonyl (C=O) groups excluding carboxylic acids is 1. The molecule has 0 saturated heterocycles. The molecule has 2 rings (SSSR count). The van der Waals surface area contributed by atoms with Crippen LogP contribution in [0.2, 0.25) is 0 Å². The molecule has 2 heterocycles. The van der Waals surface area contributed by atoms with Crippen molar-refractivity contribution in [3.63, 3.8) is 0 Å². The number of methoxy groups -OCH3 is 1. The van der Waals surface area contributed by atoms with Crippen LogP contribution in [-0.4, -0.2) is 22.4 Å². The summed E-state index contributed by atoms with van der Waals surface area (Å²) in [6, 6.07) is 3.78. The Morgan fingerprint density at radius 3 is 3.11 bits per heavy atom. The summed E-state index contributed by atoms with van der Waals surface area (Å²) in [5.74, 6) is -0.310. The van der Waals surface area contributed by atoms with Gasteiger partial charge in [-0.25, -0.2) is 4.79 Å². The summed E-state index contributed by atoms with van der Waals surface area (Å²) in [5.41, 5.74) is 6.92. The van der Waals surface area contributed by atoms with Gasteiger partial charge in [-0.3, -0.25) is 4.98 Å². The fraction of sp³-hybridized carbons (Fsp3) is 0.182. The Morgan fingerprint density at radius 2 is 2.44 bits per heavy atom. The maximum atomic E-state index is 11.5. The van der Waals surface area contributed by atoms with Gasteiger partial charge in [-0.1, -0.05) is 6.07 Å². The predicted octanol–water partition coefficient (Wildman–Crippen LogP) is 1.52. The molecule has 2 aromatic heterocycles. The Labute approximate surface area is 108 Å². The number of carbonyl (C=O) groups is 1. The minimum atomic E-state index is -0.491. The molecule has 0 bridgehead atoms. The predicted molar refractivity (Wildman–Crippen MR) is 69.4 cm³/mol. The number of nitrogens with one attached hydrogen (secondary N) is 1. The Balaban J connectivity index is 2.13. The van der Waals surface area contributed by atoms with Crippen molar-refractivity contribution < 1.29 is 9.53 Å². The average molecular weight is 264 g/mol. The van der Waals surface area contributed by atoms with E-state index in [4.69, 9.17) is 5.73 Å². The van der Waals surface area contributed by atoms with E-state index >= 15 is 0 Å². The number of pyridine rings is 1. The summed E-state index contributed by atoms with van der Waals surface area (Å²) in [7, 11) is 1.31. The molecule has 0 amide bonds. The highest BCUT2D eigenvalue weighted by atomic mass is 32.1. The van der Waals surface area contributed by atoms with Gasteiger partial charge in [0.25, 0.3) is 0 Å². The molecule has 7 heteroatoms. The van der Waals surface area contributed by atoms with E-state index in [0.717, 1.165) is 17.1 Å². The van der Waals surface area contributed by atoms with E-state index in [1.54, 1.807) is 12.4 Å². The molecule has 0 saturated carbocycles. The topological polar surface area (TPSA) is 90.1 Å². The fourth-order valence-corrected chi connectivity index (χ4v) is 2.10. The zero-order chi connectivity index (χ0) is 13.0. The summed E-state index contributed by atoms with van der Waals surface area (Å²) in [4.78, 5) is 15.5. The van der Waals surface area contributed by atoms with Crippen LogP contribution in [0.25, 0.3) is 0 Å². The molecule has 6 nitrogen and oxygen atoms in total. The van der Waals surface area contributed by atoms with Crippen LogP contribution in [0.15, 0.2) is 24.5 Å². The van der Waals surface area contributed by atoms with E-state index in [1.807, 2.05) is 12.1 Å². The molecule has 0 aliphatic rings. The van der Waals surface area contributed by atoms with Gasteiger partial charge >= 0.3 is 5.97 Å². The monoisotopic (exact) mass is 264 g/mol. The van der Waals surface area contributed by atoms with Crippen molar-refractivity contribution in [2.45, 2.75) is 6.54 Å². The molecule has 2 aromatic rings. The molecule has 0 unspecified atom stereocenters. The molecule has 0 atom stereocenters. The van der Waals surface area contributed by atoms with E-state index < -0.39 is 5.97 Å². The summed E-state index contributed by atoms with van der Waals surface area (Å²) < 4.78 is 8.60. The summed E-state index contributed by atoms with van der Waals surface area (Å²) in [6.45, 7) is 0.541. The summed E-state index contributed by atoms with van der Waals surface area (Å²) >= 11 is 1.13. The second-order valence-corrected chi connectivity index (χ2v) is 4.25. The molecule has 3 N–H and O–H groups in total. The van der Waals surface area contributed by atoms with Crippen molar-refractivity contribution in [3.05, 3.63) is 35.7 Å². The largest absolute Gasteiger partial charge is 0.465 e. The fourth-order valence-electron chi connectivity index (χ4n) is 1.41. The lowest BCUT2D eigenvalue weighted by Gasteiger charge is -2.05. The normalized spacial score (nSPS) is 10.1. The Morgan fingerprint density at radius 1 is 1.61 bits per heavy atom. The van der Waals surface area contributed by atoms with Crippen LogP contribution < -0.4 is 11.1 Å². The maximum Gasteiger partial charge on any atom is 0.344 e. The minimum Gasteiger partial charge on any atom is -0.465 e. The molecule has 0 aliphatic heterocycles. The highest BCUT2D eigenvalue weighted by Gasteiger charge is 2.19. The molecule has 0 aromatic carbocycles. The minimum absolute atomic E-state index is 0.181. The number of nitrogens with zero attached hydrogens (tertiary/aromatic N) is 2. The van der Waals surface area contributed by atoms with E-state index in [2.05, 4.69) is 19.4 Å².